The summed E-state index contributed by atoms with van der Waals surface area (Å²) in [5.41, 5.74) is 0.999. The summed E-state index contributed by atoms with van der Waals surface area (Å²) in [6.45, 7) is 2.15. The lowest BCUT2D eigenvalue weighted by atomic mass is 9.98. The topological polar surface area (TPSA) is 26.0 Å². The largest absolute Gasteiger partial charge is 0.448 e. The highest BCUT2D eigenvalue weighted by molar-refractivity contribution is 5.50. The number of fused-ring (bicyclic) bond motifs is 1. The van der Waals surface area contributed by atoms with E-state index < -0.39 is 0 Å². The summed E-state index contributed by atoms with van der Waals surface area (Å²) < 4.78 is 5.21. The van der Waals surface area contributed by atoms with E-state index in [9.17, 15) is 0 Å². The molecule has 0 saturated heterocycles. The van der Waals surface area contributed by atoms with Crippen LogP contribution in [0.15, 0.2) is 16.9 Å². The second-order valence-corrected chi connectivity index (χ2v) is 2.64. The molecule has 0 amide bonds. The van der Waals surface area contributed by atoms with Gasteiger partial charge < -0.3 is 4.42 Å². The van der Waals surface area contributed by atoms with Crippen molar-refractivity contribution in [3.8, 4) is 0 Å². The molecule has 0 aromatic carbocycles. The maximum absolute atomic E-state index is 5.21. The van der Waals surface area contributed by atoms with Crippen LogP contribution in [0.2, 0.25) is 0 Å². The van der Waals surface area contributed by atoms with Gasteiger partial charge in [0.2, 0.25) is 0 Å². The van der Waals surface area contributed by atoms with Gasteiger partial charge in [-0.15, -0.1) is 0 Å². The van der Waals surface area contributed by atoms with Crippen LogP contribution in [0.5, 0.6) is 0 Å². The van der Waals surface area contributed by atoms with Gasteiger partial charge in [0.25, 0.3) is 0 Å². The highest BCUT2D eigenvalue weighted by Gasteiger charge is 2.15. The van der Waals surface area contributed by atoms with Crippen LogP contribution in [-0.2, 0) is 0 Å². The van der Waals surface area contributed by atoms with Gasteiger partial charge in [-0.1, -0.05) is 13.0 Å². The minimum Gasteiger partial charge on any atom is -0.448 e. The van der Waals surface area contributed by atoms with Gasteiger partial charge in [-0.25, -0.2) is 4.98 Å². The zero-order chi connectivity index (χ0) is 6.97. The Kier molecular flexibility index (Phi) is 1.13. The number of oxazole rings is 1. The van der Waals surface area contributed by atoms with Gasteiger partial charge in [-0.2, -0.15) is 0 Å². The lowest BCUT2D eigenvalue weighted by Gasteiger charge is -2.08. The van der Waals surface area contributed by atoms with Crippen LogP contribution < -0.4 is 0 Å². The summed E-state index contributed by atoms with van der Waals surface area (Å²) in [7, 11) is 0. The van der Waals surface area contributed by atoms with E-state index in [1.54, 1.807) is 0 Å². The second kappa shape index (κ2) is 1.97. The van der Waals surface area contributed by atoms with Gasteiger partial charge in [-0.05, 0) is 12.5 Å². The van der Waals surface area contributed by atoms with Crippen LogP contribution in [0.4, 0.5) is 0 Å². The van der Waals surface area contributed by atoms with Crippen molar-refractivity contribution >= 4 is 6.08 Å². The monoisotopic (exact) mass is 135 g/mol. The van der Waals surface area contributed by atoms with Gasteiger partial charge >= 0.3 is 0 Å². The summed E-state index contributed by atoms with van der Waals surface area (Å²) in [5.74, 6) is 1.53. The highest BCUT2D eigenvalue weighted by Crippen LogP contribution is 2.27. The normalized spacial score (nSPS) is 22.7. The molecule has 0 saturated carbocycles. The number of aromatic nitrogens is 1. The molecule has 0 fully saturated rings. The molecule has 0 spiro atoms. The van der Waals surface area contributed by atoms with Crippen molar-refractivity contribution in [1.29, 1.82) is 0 Å². The lowest BCUT2D eigenvalue weighted by molar-refractivity contribution is 0.469. The van der Waals surface area contributed by atoms with E-state index in [1.807, 2.05) is 6.08 Å². The Morgan fingerprint density at radius 2 is 2.60 bits per heavy atom. The molecule has 0 bridgehead atoms. The van der Waals surface area contributed by atoms with E-state index in [2.05, 4.69) is 18.0 Å². The zero-order valence-electron chi connectivity index (χ0n) is 5.87. The molecule has 10 heavy (non-hydrogen) atoms. The minimum absolute atomic E-state index is 0.502. The first-order valence-corrected chi connectivity index (χ1v) is 3.48. The number of hydrogen-bond donors (Lipinski definition) is 0. The van der Waals surface area contributed by atoms with Crippen molar-refractivity contribution in [3.63, 3.8) is 0 Å². The fraction of sp³-hybridized carbons (Fsp3) is 0.375. The standard InChI is InChI=1S/C8H9NO/c1-6-3-2-4-7-8(6)10-5-9-7/h2,4-6H,3H2,1H3. The Bertz CT molecular complexity index is 262. The quantitative estimate of drug-likeness (QED) is 0.545. The third-order valence-electron chi connectivity index (χ3n) is 1.84. The molecule has 0 aliphatic heterocycles. The number of allylic oxidation sites excluding steroid dienone is 1. The van der Waals surface area contributed by atoms with E-state index in [0.29, 0.717) is 5.92 Å². The van der Waals surface area contributed by atoms with Crippen molar-refractivity contribution in [2.45, 2.75) is 19.3 Å². The molecule has 2 nitrogen and oxygen atoms in total. The van der Waals surface area contributed by atoms with Crippen LogP contribution >= 0.6 is 0 Å². The second-order valence-electron chi connectivity index (χ2n) is 2.64. The molecule has 1 aromatic heterocycles. The molecule has 2 heteroatoms. The molecule has 1 aliphatic rings. The van der Waals surface area contributed by atoms with E-state index in [1.165, 1.54) is 6.39 Å². The molecule has 2 rings (SSSR count). The minimum atomic E-state index is 0.502. The Hall–Kier alpha value is -1.05. The predicted molar refractivity (Wildman–Crippen MR) is 38.6 cm³/mol. The maximum atomic E-state index is 5.21. The fourth-order valence-corrected chi connectivity index (χ4v) is 1.25. The van der Waals surface area contributed by atoms with Gasteiger partial charge in [0, 0.05) is 5.92 Å². The van der Waals surface area contributed by atoms with Crippen molar-refractivity contribution in [2.75, 3.05) is 0 Å². The van der Waals surface area contributed by atoms with Crippen LogP contribution in [0.25, 0.3) is 6.08 Å². The zero-order valence-corrected chi connectivity index (χ0v) is 5.87. The molecule has 1 unspecified atom stereocenters. The van der Waals surface area contributed by atoms with Gasteiger partial charge in [0.1, 0.15) is 11.5 Å². The van der Waals surface area contributed by atoms with E-state index in [-0.39, 0.29) is 0 Å². The molecule has 1 aromatic rings. The fourth-order valence-electron chi connectivity index (χ4n) is 1.25. The van der Waals surface area contributed by atoms with Crippen molar-refractivity contribution in [2.24, 2.45) is 0 Å². The Labute approximate surface area is 59.6 Å². The molecule has 52 valence electrons. The first-order valence-electron chi connectivity index (χ1n) is 3.48. The average molecular weight is 135 g/mol. The molecule has 0 N–H and O–H groups in total. The summed E-state index contributed by atoms with van der Waals surface area (Å²) in [4.78, 5) is 4.05. The maximum Gasteiger partial charge on any atom is 0.181 e. The first-order chi connectivity index (χ1) is 4.88. The lowest BCUT2D eigenvalue weighted by Crippen LogP contribution is -1.96. The third kappa shape index (κ3) is 0.685. The van der Waals surface area contributed by atoms with Gasteiger partial charge in [0.05, 0.1) is 0 Å². The van der Waals surface area contributed by atoms with E-state index >= 15 is 0 Å². The first kappa shape index (κ1) is 5.71. The molecule has 1 atom stereocenters. The van der Waals surface area contributed by atoms with Gasteiger partial charge in [-0.3, -0.25) is 0 Å². The number of nitrogens with zero attached hydrogens (tertiary/aromatic N) is 1. The number of rotatable bonds is 0. The SMILES string of the molecule is CC1CC=Cc2ncoc21. The Morgan fingerprint density at radius 3 is 3.40 bits per heavy atom. The van der Waals surface area contributed by atoms with E-state index in [0.717, 1.165) is 17.9 Å². The number of hydrogen-bond acceptors (Lipinski definition) is 2. The Balaban J connectivity index is 2.52. The molecule has 1 heterocycles. The van der Waals surface area contributed by atoms with Crippen LogP contribution in [0.1, 0.15) is 30.7 Å². The van der Waals surface area contributed by atoms with Crippen molar-refractivity contribution < 1.29 is 4.42 Å². The van der Waals surface area contributed by atoms with Crippen LogP contribution in [0.3, 0.4) is 0 Å². The van der Waals surface area contributed by atoms with Crippen molar-refractivity contribution in [3.05, 3.63) is 23.9 Å². The van der Waals surface area contributed by atoms with Gasteiger partial charge in [0.15, 0.2) is 6.39 Å². The van der Waals surface area contributed by atoms with Crippen LogP contribution in [-0.4, -0.2) is 4.98 Å². The summed E-state index contributed by atoms with van der Waals surface area (Å²) >= 11 is 0. The highest BCUT2D eigenvalue weighted by atomic mass is 16.3. The third-order valence-corrected chi connectivity index (χ3v) is 1.84. The van der Waals surface area contributed by atoms with E-state index in [4.69, 9.17) is 4.42 Å². The Morgan fingerprint density at radius 1 is 1.70 bits per heavy atom. The molecule has 1 aliphatic carbocycles. The molecule has 0 radical (unpaired) electrons. The van der Waals surface area contributed by atoms with Crippen LogP contribution in [0, 0.1) is 0 Å². The summed E-state index contributed by atoms with van der Waals surface area (Å²) in [6, 6.07) is 0. The summed E-state index contributed by atoms with van der Waals surface area (Å²) in [6.07, 6.45) is 6.73. The predicted octanol–water partition coefficient (Wildman–Crippen LogP) is 2.20. The smallest absolute Gasteiger partial charge is 0.181 e. The molecular weight excluding hydrogens is 126 g/mol. The average Bonchev–Trinajstić information content (AvgIpc) is 2.36. The van der Waals surface area contributed by atoms with Crippen molar-refractivity contribution in [1.82, 2.24) is 4.98 Å². The molecular formula is C8H9NO. The summed E-state index contributed by atoms with van der Waals surface area (Å²) in [5, 5.41) is 0.